The van der Waals surface area contributed by atoms with Gasteiger partial charge < -0.3 is 10.1 Å². The van der Waals surface area contributed by atoms with Crippen molar-refractivity contribution in [2.24, 2.45) is 0 Å². The first-order valence-electron chi connectivity index (χ1n) is 6.76. The Morgan fingerprint density at radius 3 is 2.45 bits per heavy atom. The van der Waals surface area contributed by atoms with Crippen LogP contribution in [-0.2, 0) is 9.53 Å². The van der Waals surface area contributed by atoms with Crippen molar-refractivity contribution in [2.45, 2.75) is 25.8 Å². The maximum absolute atomic E-state index is 13.7. The fraction of sp³-hybridized carbons (Fsp3) is 0.333. The Morgan fingerprint density at radius 2 is 1.86 bits per heavy atom. The van der Waals surface area contributed by atoms with Crippen LogP contribution in [0.4, 0.5) is 13.2 Å². The summed E-state index contributed by atoms with van der Waals surface area (Å²) < 4.78 is 44.5. The molecule has 1 aromatic rings. The molecule has 0 bridgehead atoms. The number of rotatable bonds is 6. The molecule has 0 spiro atoms. The molecule has 22 heavy (non-hydrogen) atoms. The smallest absolute Gasteiger partial charge is 0.343 e. The van der Waals surface area contributed by atoms with Gasteiger partial charge in [-0.25, -0.2) is 18.0 Å². The van der Waals surface area contributed by atoms with E-state index in [-0.39, 0.29) is 18.7 Å². The maximum atomic E-state index is 13.7. The number of carbonyl (C=O) groups excluding carboxylic acids is 2. The van der Waals surface area contributed by atoms with Gasteiger partial charge in [-0.15, -0.1) is 0 Å². The molecule has 1 aliphatic carbocycles. The molecule has 0 atom stereocenters. The fourth-order valence-corrected chi connectivity index (χ4v) is 1.72. The SMILES string of the molecule is CCOC(=O)/C(=C/NC1CC1)C(=O)c1cc(F)c(F)cc1F. The van der Waals surface area contributed by atoms with Crippen LogP contribution in [0.3, 0.4) is 0 Å². The number of ether oxygens (including phenoxy) is 1. The van der Waals surface area contributed by atoms with E-state index >= 15 is 0 Å². The van der Waals surface area contributed by atoms with Gasteiger partial charge in [-0.3, -0.25) is 4.79 Å². The molecular weight excluding hydrogens is 299 g/mol. The summed E-state index contributed by atoms with van der Waals surface area (Å²) in [7, 11) is 0. The van der Waals surface area contributed by atoms with Crippen molar-refractivity contribution in [3.63, 3.8) is 0 Å². The summed E-state index contributed by atoms with van der Waals surface area (Å²) >= 11 is 0. The van der Waals surface area contributed by atoms with E-state index in [1.807, 2.05) is 0 Å². The third kappa shape index (κ3) is 3.66. The summed E-state index contributed by atoms with van der Waals surface area (Å²) in [5, 5.41) is 2.82. The molecule has 7 heteroatoms. The Labute approximate surface area is 125 Å². The molecule has 0 unspecified atom stereocenters. The maximum Gasteiger partial charge on any atom is 0.343 e. The van der Waals surface area contributed by atoms with Gasteiger partial charge >= 0.3 is 5.97 Å². The van der Waals surface area contributed by atoms with Crippen LogP contribution in [-0.4, -0.2) is 24.4 Å². The number of hydrogen-bond acceptors (Lipinski definition) is 4. The van der Waals surface area contributed by atoms with Crippen LogP contribution in [0.25, 0.3) is 0 Å². The molecule has 1 N–H and O–H groups in total. The van der Waals surface area contributed by atoms with E-state index in [1.54, 1.807) is 6.92 Å². The lowest BCUT2D eigenvalue weighted by atomic mass is 10.0. The monoisotopic (exact) mass is 313 g/mol. The molecule has 1 aromatic carbocycles. The lowest BCUT2D eigenvalue weighted by Crippen LogP contribution is -2.21. The number of nitrogens with one attached hydrogen (secondary N) is 1. The lowest BCUT2D eigenvalue weighted by molar-refractivity contribution is -0.138. The van der Waals surface area contributed by atoms with E-state index in [4.69, 9.17) is 4.74 Å². The minimum absolute atomic E-state index is 0.0210. The third-order valence-electron chi connectivity index (χ3n) is 3.04. The molecule has 0 aliphatic heterocycles. The van der Waals surface area contributed by atoms with Gasteiger partial charge in [0.15, 0.2) is 11.6 Å². The van der Waals surface area contributed by atoms with Crippen LogP contribution in [0, 0.1) is 17.5 Å². The highest BCUT2D eigenvalue weighted by atomic mass is 19.2. The predicted octanol–water partition coefficient (Wildman–Crippen LogP) is 2.49. The first-order valence-corrected chi connectivity index (χ1v) is 6.76. The van der Waals surface area contributed by atoms with Crippen LogP contribution >= 0.6 is 0 Å². The Bertz CT molecular complexity index is 639. The van der Waals surface area contributed by atoms with Gasteiger partial charge in [-0.1, -0.05) is 0 Å². The average molecular weight is 313 g/mol. The van der Waals surface area contributed by atoms with E-state index in [9.17, 15) is 22.8 Å². The van der Waals surface area contributed by atoms with Crippen LogP contribution in [0.15, 0.2) is 23.9 Å². The number of halogens is 3. The molecule has 0 aromatic heterocycles. The summed E-state index contributed by atoms with van der Waals surface area (Å²) in [6, 6.07) is 0.837. The Kier molecular flexibility index (Phi) is 4.85. The van der Waals surface area contributed by atoms with Crippen LogP contribution < -0.4 is 5.32 Å². The van der Waals surface area contributed by atoms with E-state index in [2.05, 4.69) is 5.32 Å². The van der Waals surface area contributed by atoms with E-state index < -0.39 is 40.3 Å². The van der Waals surface area contributed by atoms with Crippen molar-refractivity contribution in [2.75, 3.05) is 6.61 Å². The van der Waals surface area contributed by atoms with Crippen molar-refractivity contribution in [1.82, 2.24) is 5.32 Å². The fourth-order valence-electron chi connectivity index (χ4n) is 1.72. The zero-order valence-electron chi connectivity index (χ0n) is 11.8. The summed E-state index contributed by atoms with van der Waals surface area (Å²) in [5.41, 5.74) is -1.19. The predicted molar refractivity (Wildman–Crippen MR) is 71.5 cm³/mol. The molecule has 2 rings (SSSR count). The highest BCUT2D eigenvalue weighted by Gasteiger charge is 2.27. The van der Waals surface area contributed by atoms with E-state index in [0.717, 1.165) is 19.0 Å². The molecule has 1 aliphatic rings. The van der Waals surface area contributed by atoms with E-state index in [1.165, 1.54) is 0 Å². The summed E-state index contributed by atoms with van der Waals surface area (Å²) in [4.78, 5) is 24.1. The average Bonchev–Trinajstić information content (AvgIpc) is 3.27. The molecule has 4 nitrogen and oxygen atoms in total. The first kappa shape index (κ1) is 16.1. The molecule has 1 saturated carbocycles. The zero-order valence-corrected chi connectivity index (χ0v) is 11.8. The second kappa shape index (κ2) is 6.64. The number of esters is 1. The normalized spacial score (nSPS) is 14.6. The third-order valence-corrected chi connectivity index (χ3v) is 3.04. The van der Waals surface area contributed by atoms with E-state index in [0.29, 0.717) is 6.07 Å². The second-order valence-electron chi connectivity index (χ2n) is 4.79. The van der Waals surface area contributed by atoms with Crippen LogP contribution in [0.5, 0.6) is 0 Å². The zero-order chi connectivity index (χ0) is 16.3. The molecule has 118 valence electrons. The molecule has 0 radical (unpaired) electrons. The topological polar surface area (TPSA) is 55.4 Å². The Hall–Kier alpha value is -2.31. The molecule has 1 fully saturated rings. The van der Waals surface area contributed by atoms with Gasteiger partial charge in [0, 0.05) is 18.3 Å². The van der Waals surface area contributed by atoms with Crippen molar-refractivity contribution in [3.05, 3.63) is 46.9 Å². The lowest BCUT2D eigenvalue weighted by Gasteiger charge is -2.08. The number of Topliss-reactive ketones (excluding diaryl/α,β-unsaturated/α-hetero) is 1. The highest BCUT2D eigenvalue weighted by molar-refractivity contribution is 6.24. The standard InChI is InChI=1S/C15H14F3NO3/c1-2-22-15(21)10(7-19-8-3-4-8)14(20)9-5-12(17)13(18)6-11(9)16/h5-8,19H,2-4H2,1H3/b10-7+. The largest absolute Gasteiger partial charge is 0.462 e. The highest BCUT2D eigenvalue weighted by Crippen LogP contribution is 2.21. The summed E-state index contributed by atoms with van der Waals surface area (Å²) in [6.07, 6.45) is 2.92. The Balaban J connectivity index is 2.33. The van der Waals surface area contributed by atoms with Crippen LogP contribution in [0.1, 0.15) is 30.1 Å². The molecule has 0 heterocycles. The van der Waals surface area contributed by atoms with Gasteiger partial charge in [0.25, 0.3) is 0 Å². The van der Waals surface area contributed by atoms with Gasteiger partial charge in [0.1, 0.15) is 11.4 Å². The van der Waals surface area contributed by atoms with Crippen molar-refractivity contribution >= 4 is 11.8 Å². The minimum Gasteiger partial charge on any atom is -0.462 e. The quantitative estimate of drug-likeness (QED) is 0.219. The second-order valence-corrected chi connectivity index (χ2v) is 4.79. The first-order chi connectivity index (χ1) is 10.4. The number of hydrogen-bond donors (Lipinski definition) is 1. The van der Waals surface area contributed by atoms with Gasteiger partial charge in [0.2, 0.25) is 5.78 Å². The van der Waals surface area contributed by atoms with Crippen molar-refractivity contribution in [1.29, 1.82) is 0 Å². The van der Waals surface area contributed by atoms with Gasteiger partial charge in [-0.2, -0.15) is 0 Å². The number of benzene rings is 1. The van der Waals surface area contributed by atoms with Crippen molar-refractivity contribution in [3.8, 4) is 0 Å². The molecule has 0 saturated heterocycles. The minimum atomic E-state index is -1.41. The molecular formula is C15H14F3NO3. The Morgan fingerprint density at radius 1 is 1.23 bits per heavy atom. The van der Waals surface area contributed by atoms with Gasteiger partial charge in [0.05, 0.1) is 12.2 Å². The number of ketones is 1. The number of carbonyl (C=O) groups is 2. The van der Waals surface area contributed by atoms with Crippen molar-refractivity contribution < 1.29 is 27.5 Å². The van der Waals surface area contributed by atoms with Gasteiger partial charge in [-0.05, 0) is 25.8 Å². The summed E-state index contributed by atoms with van der Waals surface area (Å²) in [5.74, 6) is -6.05. The summed E-state index contributed by atoms with van der Waals surface area (Å²) in [6.45, 7) is 1.57. The molecule has 0 amide bonds. The van der Waals surface area contributed by atoms with Crippen LogP contribution in [0.2, 0.25) is 0 Å².